The first kappa shape index (κ1) is 15.8. The standard InChI is InChI=1S/C14H19N3O3S/c1-9-7-10(2)16-13(15-9)21-8-11(18)17-14(12(19)20)5-3-4-6-14/h7H,3-6,8H2,1-2H3,(H,17,18)(H,19,20). The Bertz CT molecular complexity index is 536. The molecular formula is C14H19N3O3S. The van der Waals surface area contributed by atoms with Gasteiger partial charge in [-0.25, -0.2) is 14.8 Å². The molecule has 1 heterocycles. The fourth-order valence-electron chi connectivity index (χ4n) is 2.56. The van der Waals surface area contributed by atoms with E-state index in [-0.39, 0.29) is 11.7 Å². The molecule has 0 radical (unpaired) electrons. The first-order valence-corrected chi connectivity index (χ1v) is 7.89. The highest BCUT2D eigenvalue weighted by molar-refractivity contribution is 7.99. The smallest absolute Gasteiger partial charge is 0.329 e. The number of carbonyl (C=O) groups excluding carboxylic acids is 1. The van der Waals surface area contributed by atoms with Gasteiger partial charge in [0.15, 0.2) is 5.16 Å². The highest BCUT2D eigenvalue weighted by atomic mass is 32.2. The van der Waals surface area contributed by atoms with Gasteiger partial charge in [0.2, 0.25) is 5.91 Å². The number of aryl methyl sites for hydroxylation is 2. The maximum absolute atomic E-state index is 12.0. The number of carboxylic acids is 1. The highest BCUT2D eigenvalue weighted by Crippen LogP contribution is 2.30. The Morgan fingerprint density at radius 3 is 2.38 bits per heavy atom. The van der Waals surface area contributed by atoms with E-state index in [1.165, 1.54) is 11.8 Å². The van der Waals surface area contributed by atoms with Crippen LogP contribution in [0.5, 0.6) is 0 Å². The molecule has 1 saturated carbocycles. The van der Waals surface area contributed by atoms with Crippen LogP contribution in [0, 0.1) is 13.8 Å². The molecule has 1 fully saturated rings. The van der Waals surface area contributed by atoms with Gasteiger partial charge >= 0.3 is 5.97 Å². The van der Waals surface area contributed by atoms with Crippen LogP contribution in [-0.4, -0.2) is 38.2 Å². The lowest BCUT2D eigenvalue weighted by molar-refractivity contribution is -0.147. The Hall–Kier alpha value is -1.63. The van der Waals surface area contributed by atoms with E-state index in [0.717, 1.165) is 24.2 Å². The number of aliphatic carboxylic acids is 1. The normalized spacial score (nSPS) is 16.7. The fourth-order valence-corrected chi connectivity index (χ4v) is 3.31. The van der Waals surface area contributed by atoms with Crippen LogP contribution in [0.15, 0.2) is 11.2 Å². The van der Waals surface area contributed by atoms with Gasteiger partial charge in [-0.3, -0.25) is 4.79 Å². The maximum atomic E-state index is 12.0. The van der Waals surface area contributed by atoms with Crippen LogP contribution in [-0.2, 0) is 9.59 Å². The molecule has 1 aliphatic rings. The minimum atomic E-state index is -1.08. The highest BCUT2D eigenvalue weighted by Gasteiger charge is 2.42. The van der Waals surface area contributed by atoms with E-state index in [1.54, 1.807) is 0 Å². The van der Waals surface area contributed by atoms with Crippen molar-refractivity contribution in [3.63, 3.8) is 0 Å². The molecule has 1 aromatic heterocycles. The molecule has 2 N–H and O–H groups in total. The van der Waals surface area contributed by atoms with Crippen LogP contribution in [0.4, 0.5) is 0 Å². The number of nitrogens with zero attached hydrogens (tertiary/aromatic N) is 2. The van der Waals surface area contributed by atoms with Gasteiger partial charge in [0.1, 0.15) is 5.54 Å². The second kappa shape index (κ2) is 6.43. The van der Waals surface area contributed by atoms with Crippen molar-refractivity contribution in [2.75, 3.05) is 5.75 Å². The molecule has 0 bridgehead atoms. The molecule has 6 nitrogen and oxygen atoms in total. The molecule has 2 rings (SSSR count). The fraction of sp³-hybridized carbons (Fsp3) is 0.571. The van der Waals surface area contributed by atoms with Gasteiger partial charge in [-0.15, -0.1) is 0 Å². The first-order chi connectivity index (χ1) is 9.91. The summed E-state index contributed by atoms with van der Waals surface area (Å²) in [6.07, 6.45) is 2.66. The second-order valence-corrected chi connectivity index (χ2v) is 6.31. The molecule has 0 atom stereocenters. The second-order valence-electron chi connectivity index (χ2n) is 5.36. The Balaban J connectivity index is 1.94. The predicted molar refractivity (Wildman–Crippen MR) is 79.2 cm³/mol. The number of hydrogen-bond acceptors (Lipinski definition) is 5. The van der Waals surface area contributed by atoms with Gasteiger partial charge in [-0.1, -0.05) is 24.6 Å². The molecular weight excluding hydrogens is 290 g/mol. The summed E-state index contributed by atoms with van der Waals surface area (Å²) in [5.41, 5.74) is 0.618. The van der Waals surface area contributed by atoms with E-state index in [0.29, 0.717) is 18.0 Å². The molecule has 114 valence electrons. The molecule has 1 aromatic rings. The third-order valence-corrected chi connectivity index (χ3v) is 4.39. The van der Waals surface area contributed by atoms with E-state index < -0.39 is 11.5 Å². The molecule has 0 unspecified atom stereocenters. The van der Waals surface area contributed by atoms with Gasteiger partial charge in [0.25, 0.3) is 0 Å². The number of amides is 1. The third-order valence-electron chi connectivity index (χ3n) is 3.54. The van der Waals surface area contributed by atoms with Crippen molar-refractivity contribution in [2.24, 2.45) is 0 Å². The molecule has 1 aliphatic carbocycles. The quantitative estimate of drug-likeness (QED) is 0.635. The Kier molecular flexibility index (Phi) is 4.82. The Labute approximate surface area is 127 Å². The van der Waals surface area contributed by atoms with Gasteiger partial charge < -0.3 is 10.4 Å². The molecule has 0 spiro atoms. The van der Waals surface area contributed by atoms with E-state index in [9.17, 15) is 14.7 Å². The van der Waals surface area contributed by atoms with Crippen LogP contribution in [0.25, 0.3) is 0 Å². The van der Waals surface area contributed by atoms with Crippen molar-refractivity contribution < 1.29 is 14.7 Å². The average molecular weight is 309 g/mol. The van der Waals surface area contributed by atoms with Crippen LogP contribution in [0.1, 0.15) is 37.1 Å². The Morgan fingerprint density at radius 2 is 1.86 bits per heavy atom. The van der Waals surface area contributed by atoms with E-state index >= 15 is 0 Å². The summed E-state index contributed by atoms with van der Waals surface area (Å²) in [5.74, 6) is -1.11. The van der Waals surface area contributed by atoms with Crippen molar-refractivity contribution >= 4 is 23.6 Å². The number of carboxylic acid groups (broad SMARTS) is 1. The van der Waals surface area contributed by atoms with Crippen LogP contribution < -0.4 is 5.32 Å². The molecule has 0 saturated heterocycles. The monoisotopic (exact) mass is 309 g/mol. The number of aromatic nitrogens is 2. The van der Waals surface area contributed by atoms with Crippen LogP contribution in [0.3, 0.4) is 0 Å². The van der Waals surface area contributed by atoms with Crippen molar-refractivity contribution in [1.29, 1.82) is 0 Å². The number of hydrogen-bond donors (Lipinski definition) is 2. The topological polar surface area (TPSA) is 92.2 Å². The number of carbonyl (C=O) groups is 2. The zero-order chi connectivity index (χ0) is 15.5. The average Bonchev–Trinajstić information content (AvgIpc) is 2.85. The summed E-state index contributed by atoms with van der Waals surface area (Å²) in [6.45, 7) is 3.74. The van der Waals surface area contributed by atoms with E-state index in [2.05, 4.69) is 15.3 Å². The van der Waals surface area contributed by atoms with Gasteiger partial charge in [0, 0.05) is 11.4 Å². The molecule has 7 heteroatoms. The van der Waals surface area contributed by atoms with Crippen molar-refractivity contribution in [3.05, 3.63) is 17.5 Å². The Morgan fingerprint density at radius 1 is 1.29 bits per heavy atom. The SMILES string of the molecule is Cc1cc(C)nc(SCC(=O)NC2(C(=O)O)CCCC2)n1. The summed E-state index contributed by atoms with van der Waals surface area (Å²) < 4.78 is 0. The summed E-state index contributed by atoms with van der Waals surface area (Å²) in [5, 5.41) is 12.5. The van der Waals surface area contributed by atoms with E-state index in [4.69, 9.17) is 0 Å². The van der Waals surface area contributed by atoms with Gasteiger partial charge in [-0.2, -0.15) is 0 Å². The van der Waals surface area contributed by atoms with Gasteiger partial charge in [0.05, 0.1) is 5.75 Å². The van der Waals surface area contributed by atoms with Crippen LogP contribution in [0.2, 0.25) is 0 Å². The summed E-state index contributed by atoms with van der Waals surface area (Å²) >= 11 is 1.22. The lowest BCUT2D eigenvalue weighted by Crippen LogP contribution is -2.53. The molecule has 0 aliphatic heterocycles. The summed E-state index contributed by atoms with van der Waals surface area (Å²) in [4.78, 5) is 31.9. The summed E-state index contributed by atoms with van der Waals surface area (Å²) in [7, 11) is 0. The van der Waals surface area contributed by atoms with E-state index in [1.807, 2.05) is 19.9 Å². The zero-order valence-corrected chi connectivity index (χ0v) is 13.0. The minimum absolute atomic E-state index is 0.123. The van der Waals surface area contributed by atoms with Crippen LogP contribution >= 0.6 is 11.8 Å². The summed E-state index contributed by atoms with van der Waals surface area (Å²) in [6, 6.07) is 1.86. The maximum Gasteiger partial charge on any atom is 0.329 e. The lowest BCUT2D eigenvalue weighted by Gasteiger charge is -2.25. The third kappa shape index (κ3) is 3.93. The number of rotatable bonds is 5. The molecule has 1 amide bonds. The number of thioether (sulfide) groups is 1. The van der Waals surface area contributed by atoms with Crippen molar-refractivity contribution in [2.45, 2.75) is 50.2 Å². The largest absolute Gasteiger partial charge is 0.480 e. The molecule has 0 aromatic carbocycles. The van der Waals surface area contributed by atoms with Crippen molar-refractivity contribution in [1.82, 2.24) is 15.3 Å². The first-order valence-electron chi connectivity index (χ1n) is 6.91. The zero-order valence-electron chi connectivity index (χ0n) is 12.2. The van der Waals surface area contributed by atoms with Gasteiger partial charge in [-0.05, 0) is 32.8 Å². The number of nitrogens with one attached hydrogen (secondary N) is 1. The minimum Gasteiger partial charge on any atom is -0.480 e. The van der Waals surface area contributed by atoms with Crippen molar-refractivity contribution in [3.8, 4) is 0 Å². The predicted octanol–water partition coefficient (Wildman–Crippen LogP) is 1.70. The lowest BCUT2D eigenvalue weighted by atomic mass is 9.98. The molecule has 21 heavy (non-hydrogen) atoms.